The molecule has 18 heavy (non-hydrogen) atoms. The van der Waals surface area contributed by atoms with Crippen LogP contribution in [0.1, 0.15) is 15.2 Å². The first-order valence-corrected chi connectivity index (χ1v) is 7.03. The molecule has 2 rings (SSSR count). The molecular formula is C12H8BrClFNOS. The van der Waals surface area contributed by atoms with E-state index in [1.54, 1.807) is 6.07 Å². The van der Waals surface area contributed by atoms with Crippen molar-refractivity contribution in [1.29, 1.82) is 0 Å². The minimum absolute atomic E-state index is 0.0434. The summed E-state index contributed by atoms with van der Waals surface area (Å²) in [6, 6.07) is 8.14. The second-order valence-corrected chi connectivity index (χ2v) is 6.44. The molecule has 1 heterocycles. The van der Waals surface area contributed by atoms with Crippen LogP contribution in [0.15, 0.2) is 34.1 Å². The summed E-state index contributed by atoms with van der Waals surface area (Å²) < 4.78 is 14.6. The van der Waals surface area contributed by atoms with Gasteiger partial charge in [-0.3, -0.25) is 4.79 Å². The van der Waals surface area contributed by atoms with Gasteiger partial charge in [0.2, 0.25) is 0 Å². The summed E-state index contributed by atoms with van der Waals surface area (Å²) in [5, 5.41) is 2.59. The average Bonchev–Trinajstić information content (AvgIpc) is 2.76. The van der Waals surface area contributed by atoms with Crippen LogP contribution >= 0.6 is 38.9 Å². The number of thiophene rings is 1. The highest BCUT2D eigenvalue weighted by molar-refractivity contribution is 9.11. The number of halogens is 3. The highest BCUT2D eigenvalue weighted by Gasteiger charge is 2.13. The van der Waals surface area contributed by atoms with E-state index < -0.39 is 11.7 Å². The van der Waals surface area contributed by atoms with Crippen LogP contribution in [-0.4, -0.2) is 5.91 Å². The number of nitrogens with one attached hydrogen (secondary N) is 1. The number of carbonyl (C=O) groups excluding carboxylic acids is 1. The van der Waals surface area contributed by atoms with Gasteiger partial charge in [0.25, 0.3) is 5.91 Å². The first-order chi connectivity index (χ1) is 8.58. The maximum Gasteiger partial charge on any atom is 0.254 e. The lowest BCUT2D eigenvalue weighted by molar-refractivity contribution is 0.0947. The van der Waals surface area contributed by atoms with Crippen LogP contribution in [0.25, 0.3) is 0 Å². The van der Waals surface area contributed by atoms with Crippen LogP contribution in [0.2, 0.25) is 5.02 Å². The zero-order valence-corrected chi connectivity index (χ0v) is 12.2. The van der Waals surface area contributed by atoms with Gasteiger partial charge in [-0.1, -0.05) is 17.7 Å². The Bertz CT molecular complexity index is 587. The Morgan fingerprint density at radius 1 is 1.39 bits per heavy atom. The smallest absolute Gasteiger partial charge is 0.254 e. The molecule has 0 unspecified atom stereocenters. The van der Waals surface area contributed by atoms with E-state index in [0.29, 0.717) is 6.54 Å². The van der Waals surface area contributed by atoms with E-state index in [9.17, 15) is 9.18 Å². The van der Waals surface area contributed by atoms with Gasteiger partial charge < -0.3 is 5.32 Å². The molecule has 0 bridgehead atoms. The van der Waals surface area contributed by atoms with Crippen molar-refractivity contribution < 1.29 is 9.18 Å². The molecule has 0 spiro atoms. The molecule has 0 saturated carbocycles. The predicted octanol–water partition coefficient (Wildman–Crippen LogP) is 4.23. The van der Waals surface area contributed by atoms with Crippen molar-refractivity contribution in [3.8, 4) is 0 Å². The second kappa shape index (κ2) is 5.82. The fourth-order valence-corrected chi connectivity index (χ4v) is 2.99. The number of carbonyl (C=O) groups is 1. The van der Waals surface area contributed by atoms with E-state index in [1.807, 2.05) is 12.1 Å². The first-order valence-electron chi connectivity index (χ1n) is 5.04. The average molecular weight is 349 g/mol. The van der Waals surface area contributed by atoms with Crippen molar-refractivity contribution >= 4 is 44.8 Å². The third-order valence-electron chi connectivity index (χ3n) is 2.25. The third-order valence-corrected chi connectivity index (χ3v) is 4.16. The summed E-state index contributed by atoms with van der Waals surface area (Å²) in [6.45, 7) is 0.362. The Hall–Kier alpha value is -0.910. The van der Waals surface area contributed by atoms with Gasteiger partial charge in [0, 0.05) is 4.88 Å². The van der Waals surface area contributed by atoms with Gasteiger partial charge in [0.15, 0.2) is 5.82 Å². The molecule has 0 aliphatic carbocycles. The summed E-state index contributed by atoms with van der Waals surface area (Å²) in [5.41, 5.74) is -0.0434. The largest absolute Gasteiger partial charge is 0.347 e. The van der Waals surface area contributed by atoms with Crippen LogP contribution in [0.3, 0.4) is 0 Å². The van der Waals surface area contributed by atoms with E-state index >= 15 is 0 Å². The third kappa shape index (κ3) is 3.10. The molecule has 6 heteroatoms. The number of benzene rings is 1. The summed E-state index contributed by atoms with van der Waals surface area (Å²) in [7, 11) is 0. The Morgan fingerprint density at radius 2 is 2.17 bits per heavy atom. The molecule has 1 N–H and O–H groups in total. The van der Waals surface area contributed by atoms with Crippen molar-refractivity contribution in [2.45, 2.75) is 6.54 Å². The van der Waals surface area contributed by atoms with E-state index in [1.165, 1.54) is 23.5 Å². The molecule has 0 fully saturated rings. The minimum Gasteiger partial charge on any atom is -0.347 e. The Morgan fingerprint density at radius 3 is 2.83 bits per heavy atom. The maximum absolute atomic E-state index is 13.6. The van der Waals surface area contributed by atoms with E-state index in [4.69, 9.17) is 11.6 Å². The molecule has 94 valence electrons. The van der Waals surface area contributed by atoms with Gasteiger partial charge in [0.05, 0.1) is 20.9 Å². The monoisotopic (exact) mass is 347 g/mol. The van der Waals surface area contributed by atoms with Crippen molar-refractivity contribution in [2.75, 3.05) is 0 Å². The molecule has 1 aromatic carbocycles. The number of hydrogen-bond acceptors (Lipinski definition) is 2. The lowest BCUT2D eigenvalue weighted by Gasteiger charge is -2.05. The van der Waals surface area contributed by atoms with Gasteiger partial charge in [-0.2, -0.15) is 0 Å². The van der Waals surface area contributed by atoms with Gasteiger partial charge in [0.1, 0.15) is 0 Å². The zero-order chi connectivity index (χ0) is 13.1. The van der Waals surface area contributed by atoms with Gasteiger partial charge in [-0.05, 0) is 40.2 Å². The normalized spacial score (nSPS) is 10.4. The Kier molecular flexibility index (Phi) is 4.37. The highest BCUT2D eigenvalue weighted by atomic mass is 79.9. The van der Waals surface area contributed by atoms with Crippen molar-refractivity contribution in [3.05, 3.63) is 55.4 Å². The van der Waals surface area contributed by atoms with Gasteiger partial charge >= 0.3 is 0 Å². The van der Waals surface area contributed by atoms with Crippen LogP contribution in [-0.2, 0) is 6.54 Å². The summed E-state index contributed by atoms with van der Waals surface area (Å²) >= 11 is 10.5. The predicted molar refractivity (Wildman–Crippen MR) is 74.6 cm³/mol. The fraction of sp³-hybridized carbons (Fsp3) is 0.0833. The molecule has 0 aliphatic rings. The molecule has 2 aromatic rings. The molecule has 0 radical (unpaired) electrons. The van der Waals surface area contributed by atoms with E-state index in [2.05, 4.69) is 21.2 Å². The molecule has 0 saturated heterocycles. The molecule has 0 aliphatic heterocycles. The first kappa shape index (κ1) is 13.5. The molecular weight excluding hydrogens is 341 g/mol. The molecule has 1 aromatic heterocycles. The van der Waals surface area contributed by atoms with Crippen molar-refractivity contribution in [3.63, 3.8) is 0 Å². The summed E-state index contributed by atoms with van der Waals surface area (Å²) in [5.74, 6) is -1.16. The lowest BCUT2D eigenvalue weighted by Crippen LogP contribution is -2.23. The fourth-order valence-electron chi connectivity index (χ4n) is 1.39. The lowest BCUT2D eigenvalue weighted by atomic mass is 10.2. The summed E-state index contributed by atoms with van der Waals surface area (Å²) in [4.78, 5) is 12.8. The van der Waals surface area contributed by atoms with Crippen LogP contribution in [0.4, 0.5) is 4.39 Å². The van der Waals surface area contributed by atoms with Crippen molar-refractivity contribution in [2.24, 2.45) is 0 Å². The maximum atomic E-state index is 13.6. The highest BCUT2D eigenvalue weighted by Crippen LogP contribution is 2.22. The summed E-state index contributed by atoms with van der Waals surface area (Å²) in [6.07, 6.45) is 0. The van der Waals surface area contributed by atoms with E-state index in [-0.39, 0.29) is 10.6 Å². The van der Waals surface area contributed by atoms with Crippen LogP contribution in [0.5, 0.6) is 0 Å². The number of rotatable bonds is 3. The van der Waals surface area contributed by atoms with Crippen LogP contribution < -0.4 is 5.32 Å². The van der Waals surface area contributed by atoms with E-state index in [0.717, 1.165) is 8.66 Å². The molecule has 0 atom stereocenters. The second-order valence-electron chi connectivity index (χ2n) is 3.49. The van der Waals surface area contributed by atoms with Gasteiger partial charge in [-0.25, -0.2) is 4.39 Å². The number of hydrogen-bond donors (Lipinski definition) is 1. The SMILES string of the molecule is O=C(NCc1ccc(Br)s1)c1cccc(Cl)c1F. The number of amides is 1. The Balaban J connectivity index is 2.06. The standard InChI is InChI=1S/C12H8BrClFNOS/c13-10-5-4-7(18-10)6-16-12(17)8-2-1-3-9(14)11(8)15/h1-5H,6H2,(H,16,17). The van der Waals surface area contributed by atoms with Gasteiger partial charge in [-0.15, -0.1) is 11.3 Å². The molecule has 2 nitrogen and oxygen atoms in total. The molecule has 1 amide bonds. The quantitative estimate of drug-likeness (QED) is 0.883. The Labute approximate surface area is 121 Å². The minimum atomic E-state index is -0.691. The zero-order valence-electron chi connectivity index (χ0n) is 9.04. The van der Waals surface area contributed by atoms with Crippen LogP contribution in [0, 0.1) is 5.82 Å². The van der Waals surface area contributed by atoms with Crippen molar-refractivity contribution in [1.82, 2.24) is 5.32 Å². The topological polar surface area (TPSA) is 29.1 Å².